The van der Waals surface area contributed by atoms with E-state index in [0.717, 1.165) is 70.8 Å². The number of rotatable bonds is 6. The molecule has 0 atom stereocenters. The highest BCUT2D eigenvalue weighted by Crippen LogP contribution is 2.16. The van der Waals surface area contributed by atoms with Gasteiger partial charge in [-0.25, -0.2) is 0 Å². The van der Waals surface area contributed by atoms with Gasteiger partial charge in [-0.3, -0.25) is 14.6 Å². The molecule has 178 valence electrons. The van der Waals surface area contributed by atoms with Crippen molar-refractivity contribution >= 4 is 43.1 Å². The third-order valence-electron chi connectivity index (χ3n) is 6.01. The van der Waals surface area contributed by atoms with Crippen molar-refractivity contribution in [3.8, 4) is 0 Å². The highest BCUT2D eigenvalue weighted by molar-refractivity contribution is 5.94. The summed E-state index contributed by atoms with van der Waals surface area (Å²) < 4.78 is 0. The molecule has 2 aromatic carbocycles. The quantitative estimate of drug-likeness (QED) is 0.636. The number of aryl methyl sites for hydroxylation is 1. The molecule has 1 fully saturated rings. The first-order valence-corrected chi connectivity index (χ1v) is 10.9. The fourth-order valence-corrected chi connectivity index (χ4v) is 4.24. The fraction of sp³-hybridized carbons (Fsp3) is 0.458. The van der Waals surface area contributed by atoms with Crippen molar-refractivity contribution in [1.82, 2.24) is 20.4 Å². The predicted molar refractivity (Wildman–Crippen MR) is 139 cm³/mol. The maximum absolute atomic E-state index is 12.6. The molecule has 2 aliphatic heterocycles. The highest BCUT2D eigenvalue weighted by atomic mass is 35.5. The average Bonchev–Trinajstić information content (AvgIpc) is 3.00. The van der Waals surface area contributed by atoms with E-state index >= 15 is 0 Å². The predicted octanol–water partition coefficient (Wildman–Crippen LogP) is 3.54. The second-order valence-electron chi connectivity index (χ2n) is 8.12. The number of piperazine rings is 1. The lowest BCUT2D eigenvalue weighted by molar-refractivity contribution is 0.0934. The molecule has 4 rings (SSSR count). The van der Waals surface area contributed by atoms with E-state index in [9.17, 15) is 4.79 Å². The minimum Gasteiger partial charge on any atom is -0.351 e. The molecule has 2 heterocycles. The van der Waals surface area contributed by atoms with Crippen LogP contribution in [-0.4, -0.2) is 61.5 Å². The van der Waals surface area contributed by atoms with Crippen LogP contribution in [0.15, 0.2) is 48.5 Å². The van der Waals surface area contributed by atoms with Gasteiger partial charge in [-0.15, -0.1) is 37.2 Å². The molecule has 5 nitrogen and oxygen atoms in total. The molecule has 1 amide bonds. The minimum absolute atomic E-state index is 0. The van der Waals surface area contributed by atoms with E-state index in [2.05, 4.69) is 62.9 Å². The molecule has 0 bridgehead atoms. The normalized spacial score (nSPS) is 16.4. The van der Waals surface area contributed by atoms with Gasteiger partial charge < -0.3 is 10.6 Å². The van der Waals surface area contributed by atoms with Crippen LogP contribution in [0.2, 0.25) is 0 Å². The minimum atomic E-state index is 0. The zero-order valence-corrected chi connectivity index (χ0v) is 20.9. The SMILES string of the molecule is Cl.Cl.Cl.O=C(NCCN1CCN(Cc2ccccc2)CC1)c1ccc2c(c1)CNCCC2. The van der Waals surface area contributed by atoms with E-state index in [-0.39, 0.29) is 43.1 Å². The Morgan fingerprint density at radius 1 is 0.906 bits per heavy atom. The van der Waals surface area contributed by atoms with Crippen molar-refractivity contribution in [1.29, 1.82) is 0 Å². The zero-order valence-electron chi connectivity index (χ0n) is 18.4. The van der Waals surface area contributed by atoms with E-state index < -0.39 is 0 Å². The molecular formula is C24H35Cl3N4O. The zero-order chi connectivity index (χ0) is 19.9. The molecule has 0 aromatic heterocycles. The van der Waals surface area contributed by atoms with Gasteiger partial charge in [-0.2, -0.15) is 0 Å². The third-order valence-corrected chi connectivity index (χ3v) is 6.01. The number of carbonyl (C=O) groups is 1. The Hall–Kier alpha value is -1.34. The van der Waals surface area contributed by atoms with Gasteiger partial charge in [0.15, 0.2) is 0 Å². The molecule has 2 aliphatic rings. The van der Waals surface area contributed by atoms with Gasteiger partial charge in [0, 0.05) is 57.9 Å². The van der Waals surface area contributed by atoms with Crippen LogP contribution in [0.4, 0.5) is 0 Å². The van der Waals surface area contributed by atoms with Gasteiger partial charge in [-0.05, 0) is 48.2 Å². The number of nitrogens with zero attached hydrogens (tertiary/aromatic N) is 2. The number of benzene rings is 2. The van der Waals surface area contributed by atoms with E-state index in [1.165, 1.54) is 16.7 Å². The van der Waals surface area contributed by atoms with Crippen LogP contribution >= 0.6 is 37.2 Å². The highest BCUT2D eigenvalue weighted by Gasteiger charge is 2.17. The van der Waals surface area contributed by atoms with Crippen molar-refractivity contribution in [3.63, 3.8) is 0 Å². The van der Waals surface area contributed by atoms with Gasteiger partial charge >= 0.3 is 0 Å². The Morgan fingerprint density at radius 2 is 1.62 bits per heavy atom. The number of nitrogens with one attached hydrogen (secondary N) is 2. The monoisotopic (exact) mass is 500 g/mol. The Balaban J connectivity index is 0.00000171. The number of fused-ring (bicyclic) bond motifs is 1. The van der Waals surface area contributed by atoms with Crippen molar-refractivity contribution in [3.05, 3.63) is 70.8 Å². The lowest BCUT2D eigenvalue weighted by Crippen LogP contribution is -2.48. The van der Waals surface area contributed by atoms with E-state index in [4.69, 9.17) is 0 Å². The van der Waals surface area contributed by atoms with Crippen molar-refractivity contribution in [2.45, 2.75) is 25.9 Å². The molecule has 0 aliphatic carbocycles. The lowest BCUT2D eigenvalue weighted by atomic mass is 10.0. The number of hydrogen-bond acceptors (Lipinski definition) is 4. The molecule has 2 N–H and O–H groups in total. The van der Waals surface area contributed by atoms with Crippen LogP contribution in [-0.2, 0) is 19.5 Å². The van der Waals surface area contributed by atoms with Crippen molar-refractivity contribution < 1.29 is 4.79 Å². The molecule has 32 heavy (non-hydrogen) atoms. The van der Waals surface area contributed by atoms with Crippen LogP contribution in [0.1, 0.15) is 33.5 Å². The summed E-state index contributed by atoms with van der Waals surface area (Å²) >= 11 is 0. The van der Waals surface area contributed by atoms with Crippen LogP contribution in [0, 0.1) is 0 Å². The average molecular weight is 502 g/mol. The summed E-state index contributed by atoms with van der Waals surface area (Å²) in [5, 5.41) is 6.54. The van der Waals surface area contributed by atoms with Crippen molar-refractivity contribution in [2.75, 3.05) is 45.8 Å². The van der Waals surface area contributed by atoms with Gasteiger partial charge in [-0.1, -0.05) is 36.4 Å². The third kappa shape index (κ3) is 8.22. The smallest absolute Gasteiger partial charge is 0.251 e. The van der Waals surface area contributed by atoms with E-state index in [1.54, 1.807) is 0 Å². The summed E-state index contributed by atoms with van der Waals surface area (Å²) in [7, 11) is 0. The Kier molecular flexibility index (Phi) is 13.2. The number of hydrogen-bond donors (Lipinski definition) is 2. The second-order valence-corrected chi connectivity index (χ2v) is 8.12. The first-order chi connectivity index (χ1) is 14.3. The van der Waals surface area contributed by atoms with Crippen LogP contribution in [0.5, 0.6) is 0 Å². The van der Waals surface area contributed by atoms with Gasteiger partial charge in [0.1, 0.15) is 0 Å². The number of carbonyl (C=O) groups excluding carboxylic acids is 1. The van der Waals surface area contributed by atoms with E-state index in [0.29, 0.717) is 6.54 Å². The summed E-state index contributed by atoms with van der Waals surface area (Å²) in [4.78, 5) is 17.5. The molecule has 1 saturated heterocycles. The fourth-order valence-electron chi connectivity index (χ4n) is 4.24. The Bertz CT molecular complexity index is 814. The maximum atomic E-state index is 12.6. The molecule has 2 aromatic rings. The van der Waals surface area contributed by atoms with Gasteiger partial charge in [0.25, 0.3) is 5.91 Å². The molecule has 8 heteroatoms. The molecule has 0 unspecified atom stereocenters. The summed E-state index contributed by atoms with van der Waals surface area (Å²) in [6.07, 6.45) is 2.26. The number of amides is 1. The summed E-state index contributed by atoms with van der Waals surface area (Å²) in [6, 6.07) is 16.8. The maximum Gasteiger partial charge on any atom is 0.251 e. The first-order valence-electron chi connectivity index (χ1n) is 10.9. The Labute approximate surface area is 210 Å². The second kappa shape index (κ2) is 14.7. The lowest BCUT2D eigenvalue weighted by Gasteiger charge is -2.34. The van der Waals surface area contributed by atoms with Crippen LogP contribution in [0.3, 0.4) is 0 Å². The Morgan fingerprint density at radius 3 is 2.38 bits per heavy atom. The summed E-state index contributed by atoms with van der Waals surface area (Å²) in [5.74, 6) is 0.0414. The van der Waals surface area contributed by atoms with Gasteiger partial charge in [0.2, 0.25) is 0 Å². The number of halogens is 3. The topological polar surface area (TPSA) is 47.6 Å². The molecular weight excluding hydrogens is 467 g/mol. The first kappa shape index (κ1) is 28.7. The standard InChI is InChI=1S/C24H32N4O.3ClH/c29-24(22-9-8-21-7-4-10-25-18-23(21)17-22)26-11-12-27-13-15-28(16-14-27)19-20-5-2-1-3-6-20;;;/h1-3,5-6,8-9,17,25H,4,7,10-16,18-19H2,(H,26,29);3*1H. The summed E-state index contributed by atoms with van der Waals surface area (Å²) in [6.45, 7) is 8.85. The largest absolute Gasteiger partial charge is 0.351 e. The van der Waals surface area contributed by atoms with Crippen molar-refractivity contribution in [2.24, 2.45) is 0 Å². The summed E-state index contributed by atoms with van der Waals surface area (Å²) in [5.41, 5.74) is 4.80. The molecule has 0 saturated carbocycles. The van der Waals surface area contributed by atoms with Crippen LogP contribution < -0.4 is 10.6 Å². The molecule has 0 spiro atoms. The van der Waals surface area contributed by atoms with Crippen LogP contribution in [0.25, 0.3) is 0 Å². The van der Waals surface area contributed by atoms with Gasteiger partial charge in [0.05, 0.1) is 0 Å². The molecule has 0 radical (unpaired) electrons. The van der Waals surface area contributed by atoms with E-state index in [1.807, 2.05) is 6.07 Å².